The van der Waals surface area contributed by atoms with Crippen molar-refractivity contribution in [2.24, 2.45) is 17.4 Å². The van der Waals surface area contributed by atoms with E-state index in [0.29, 0.717) is 32.4 Å². The van der Waals surface area contributed by atoms with Crippen molar-refractivity contribution < 1.29 is 19.2 Å². The number of likely N-dealkylation sites (N-methyl/N-ethyl adjacent to an activating group) is 1. The van der Waals surface area contributed by atoms with Gasteiger partial charge in [-0.05, 0) is 25.8 Å². The standard InChI is InChI=1S/C17H34N6O4/c1-4-11(3)15(25)12(7-6-8-21-17(19)27)23-14(24)10-22-16(26)13(9-18)20-5-2/h11-13,20H,4-10,18H2,1-3H3,(H,22,26)(H,23,24)(H3,19,21,27). The minimum atomic E-state index is -0.682. The Morgan fingerprint density at radius 2 is 1.70 bits per heavy atom. The van der Waals surface area contributed by atoms with Crippen molar-refractivity contribution in [1.82, 2.24) is 21.3 Å². The van der Waals surface area contributed by atoms with Gasteiger partial charge in [-0.1, -0.05) is 20.8 Å². The second kappa shape index (κ2) is 13.9. The Morgan fingerprint density at radius 3 is 2.22 bits per heavy atom. The molecule has 0 bridgehead atoms. The average Bonchev–Trinajstić information content (AvgIpc) is 2.64. The molecule has 0 saturated carbocycles. The minimum Gasteiger partial charge on any atom is -0.352 e. The molecule has 27 heavy (non-hydrogen) atoms. The van der Waals surface area contributed by atoms with Crippen LogP contribution in [0, 0.1) is 5.92 Å². The summed E-state index contributed by atoms with van der Waals surface area (Å²) < 4.78 is 0. The summed E-state index contributed by atoms with van der Waals surface area (Å²) in [5.41, 5.74) is 10.5. The van der Waals surface area contributed by atoms with E-state index in [-0.39, 0.29) is 30.7 Å². The summed E-state index contributed by atoms with van der Waals surface area (Å²) in [6.45, 7) is 6.30. The zero-order valence-corrected chi connectivity index (χ0v) is 16.5. The Bertz CT molecular complexity index is 500. The van der Waals surface area contributed by atoms with Gasteiger partial charge in [0, 0.05) is 19.0 Å². The van der Waals surface area contributed by atoms with Gasteiger partial charge in [-0.25, -0.2) is 4.79 Å². The molecule has 4 amide bonds. The largest absolute Gasteiger partial charge is 0.352 e. The molecule has 3 atom stereocenters. The third-order valence-electron chi connectivity index (χ3n) is 4.17. The van der Waals surface area contributed by atoms with Gasteiger partial charge in [0.15, 0.2) is 5.78 Å². The monoisotopic (exact) mass is 386 g/mol. The Morgan fingerprint density at radius 1 is 1.04 bits per heavy atom. The van der Waals surface area contributed by atoms with Gasteiger partial charge in [0.1, 0.15) is 0 Å². The SMILES string of the molecule is CCNC(CN)C(=O)NCC(=O)NC(CCCNC(N)=O)C(=O)C(C)CC. The summed E-state index contributed by atoms with van der Waals surface area (Å²) in [6.07, 6.45) is 1.51. The van der Waals surface area contributed by atoms with Crippen molar-refractivity contribution in [1.29, 1.82) is 0 Å². The van der Waals surface area contributed by atoms with Crippen LogP contribution in [0.15, 0.2) is 0 Å². The maximum Gasteiger partial charge on any atom is 0.312 e. The van der Waals surface area contributed by atoms with Gasteiger partial charge < -0.3 is 32.7 Å². The van der Waals surface area contributed by atoms with Gasteiger partial charge in [0.25, 0.3) is 0 Å². The van der Waals surface area contributed by atoms with E-state index in [1.807, 2.05) is 13.8 Å². The van der Waals surface area contributed by atoms with E-state index in [4.69, 9.17) is 11.5 Å². The highest BCUT2D eigenvalue weighted by molar-refractivity contribution is 5.92. The second-order valence-electron chi connectivity index (χ2n) is 6.33. The lowest BCUT2D eigenvalue weighted by Crippen LogP contribution is -2.52. The number of hydrogen-bond donors (Lipinski definition) is 6. The maximum atomic E-state index is 12.5. The summed E-state index contributed by atoms with van der Waals surface area (Å²) in [4.78, 5) is 47.3. The third-order valence-corrected chi connectivity index (χ3v) is 4.17. The Kier molecular flexibility index (Phi) is 12.8. The highest BCUT2D eigenvalue weighted by Gasteiger charge is 2.24. The third kappa shape index (κ3) is 10.5. The van der Waals surface area contributed by atoms with E-state index < -0.39 is 24.0 Å². The summed E-state index contributed by atoms with van der Waals surface area (Å²) in [5, 5.41) is 10.5. The van der Waals surface area contributed by atoms with Crippen molar-refractivity contribution in [3.05, 3.63) is 0 Å². The van der Waals surface area contributed by atoms with Gasteiger partial charge in [0.2, 0.25) is 11.8 Å². The lowest BCUT2D eigenvalue weighted by Gasteiger charge is -2.21. The smallest absolute Gasteiger partial charge is 0.312 e. The molecule has 0 heterocycles. The number of Topliss-reactive ketones (excluding diaryl/α,β-unsaturated/α-hetero) is 1. The highest BCUT2D eigenvalue weighted by atomic mass is 16.2. The fourth-order valence-electron chi connectivity index (χ4n) is 2.41. The van der Waals surface area contributed by atoms with Crippen molar-refractivity contribution in [3.8, 4) is 0 Å². The van der Waals surface area contributed by atoms with E-state index in [1.54, 1.807) is 6.92 Å². The molecule has 3 unspecified atom stereocenters. The van der Waals surface area contributed by atoms with Crippen LogP contribution in [0.1, 0.15) is 40.0 Å². The number of urea groups is 1. The number of carbonyl (C=O) groups is 4. The normalized spacial score (nSPS) is 13.9. The number of primary amides is 1. The predicted molar refractivity (Wildman–Crippen MR) is 103 cm³/mol. The van der Waals surface area contributed by atoms with Crippen LogP contribution in [0.4, 0.5) is 4.79 Å². The second-order valence-corrected chi connectivity index (χ2v) is 6.33. The molecule has 0 aliphatic rings. The zero-order valence-electron chi connectivity index (χ0n) is 16.5. The average molecular weight is 386 g/mol. The first-order chi connectivity index (χ1) is 12.8. The summed E-state index contributed by atoms with van der Waals surface area (Å²) in [5.74, 6) is -1.11. The Labute approximate surface area is 160 Å². The molecule has 0 aliphatic heterocycles. The lowest BCUT2D eigenvalue weighted by molar-refractivity contribution is -0.130. The van der Waals surface area contributed by atoms with Crippen LogP contribution < -0.4 is 32.7 Å². The maximum absolute atomic E-state index is 12.5. The molecular formula is C17H34N6O4. The van der Waals surface area contributed by atoms with Crippen LogP contribution in [0.5, 0.6) is 0 Å². The summed E-state index contributed by atoms with van der Waals surface area (Å²) in [6, 6.07) is -1.89. The number of nitrogens with one attached hydrogen (secondary N) is 4. The fraction of sp³-hybridized carbons (Fsp3) is 0.765. The summed E-state index contributed by atoms with van der Waals surface area (Å²) >= 11 is 0. The van der Waals surface area contributed by atoms with E-state index in [0.717, 1.165) is 0 Å². The number of hydrogen-bond acceptors (Lipinski definition) is 6. The molecule has 0 rings (SSSR count). The van der Waals surface area contributed by atoms with Crippen LogP contribution in [0.3, 0.4) is 0 Å². The lowest BCUT2D eigenvalue weighted by atomic mass is 9.94. The molecular weight excluding hydrogens is 352 g/mol. The number of nitrogens with two attached hydrogens (primary N) is 2. The van der Waals surface area contributed by atoms with Crippen LogP contribution >= 0.6 is 0 Å². The van der Waals surface area contributed by atoms with Gasteiger partial charge in [0.05, 0.1) is 18.6 Å². The first-order valence-electron chi connectivity index (χ1n) is 9.34. The Balaban J connectivity index is 4.65. The molecule has 0 saturated heterocycles. The van der Waals surface area contributed by atoms with Gasteiger partial charge in [-0.15, -0.1) is 0 Å². The summed E-state index contributed by atoms with van der Waals surface area (Å²) in [7, 11) is 0. The van der Waals surface area contributed by atoms with Gasteiger partial charge >= 0.3 is 6.03 Å². The molecule has 0 aliphatic carbocycles. The van der Waals surface area contributed by atoms with E-state index in [2.05, 4.69) is 21.3 Å². The topological polar surface area (TPSA) is 168 Å². The molecule has 0 radical (unpaired) electrons. The van der Waals surface area contributed by atoms with Gasteiger partial charge in [-0.2, -0.15) is 0 Å². The molecule has 0 spiro atoms. The molecule has 10 nitrogen and oxygen atoms in total. The van der Waals surface area contributed by atoms with Crippen LogP contribution in [0.25, 0.3) is 0 Å². The first kappa shape index (κ1) is 24.8. The van der Waals surface area contributed by atoms with Crippen molar-refractivity contribution in [2.75, 3.05) is 26.2 Å². The number of ketones is 1. The molecule has 8 N–H and O–H groups in total. The zero-order chi connectivity index (χ0) is 20.8. The van der Waals surface area contributed by atoms with Crippen molar-refractivity contribution in [2.45, 2.75) is 52.1 Å². The highest BCUT2D eigenvalue weighted by Crippen LogP contribution is 2.09. The van der Waals surface area contributed by atoms with E-state index in [9.17, 15) is 19.2 Å². The minimum absolute atomic E-state index is 0.0799. The van der Waals surface area contributed by atoms with Crippen LogP contribution in [-0.4, -0.2) is 61.9 Å². The van der Waals surface area contributed by atoms with Crippen LogP contribution in [-0.2, 0) is 14.4 Å². The predicted octanol–water partition coefficient (Wildman–Crippen LogP) is -1.41. The number of carbonyl (C=O) groups excluding carboxylic acids is 4. The van der Waals surface area contributed by atoms with Crippen molar-refractivity contribution in [3.63, 3.8) is 0 Å². The Hall–Kier alpha value is -2.20. The van der Waals surface area contributed by atoms with Gasteiger partial charge in [-0.3, -0.25) is 14.4 Å². The number of amides is 4. The first-order valence-corrected chi connectivity index (χ1v) is 9.34. The molecule has 10 heteroatoms. The number of rotatable bonds is 14. The molecule has 0 aromatic heterocycles. The van der Waals surface area contributed by atoms with E-state index in [1.165, 1.54) is 0 Å². The molecule has 0 aromatic carbocycles. The van der Waals surface area contributed by atoms with Crippen LogP contribution in [0.2, 0.25) is 0 Å². The quantitative estimate of drug-likeness (QED) is 0.200. The fourth-order valence-corrected chi connectivity index (χ4v) is 2.41. The van der Waals surface area contributed by atoms with Crippen molar-refractivity contribution >= 4 is 23.6 Å². The molecule has 156 valence electrons. The molecule has 0 aromatic rings. The van der Waals surface area contributed by atoms with E-state index >= 15 is 0 Å². The molecule has 0 fully saturated rings.